The Morgan fingerprint density at radius 3 is 1.92 bits per heavy atom. The van der Waals surface area contributed by atoms with Gasteiger partial charge in [0.15, 0.2) is 0 Å². The maximum atomic E-state index is 8.18. The smallest absolute Gasteiger partial charge is 0.135 e. The van der Waals surface area contributed by atoms with Crippen LogP contribution in [0.15, 0.2) is 110 Å². The second-order valence-corrected chi connectivity index (χ2v) is 20.6. The Bertz CT molecular complexity index is 2900. The molecule has 2 aromatic heterocycles. The third-order valence-electron chi connectivity index (χ3n) is 12.1. The third kappa shape index (κ3) is 9.28. The van der Waals surface area contributed by atoms with Crippen molar-refractivity contribution in [1.82, 2.24) is 9.55 Å². The molecular formula is C57H63N4OPt-3. The van der Waals surface area contributed by atoms with Gasteiger partial charge in [0, 0.05) is 54.1 Å². The van der Waals surface area contributed by atoms with Crippen molar-refractivity contribution in [2.45, 2.75) is 125 Å². The number of rotatable bonds is 8. The standard InChI is InChI=1S/C57H63N4O.Pt/c1-36(2)47-16-15-17-48(37(3)4)54(47)39-27-43(59-24-25-60(35-59)44-30-41(56(9,10)11)29-42(31-44)57(12,13)14)33-46(28-39)62-45-19-20-49-50-32-40(55(6,7)8)18-21-51(50)61(52(49)34-45)53-26-38(5)22-23-58-53;/h15-32,35-37H,1-14H3;/q-3;/i5D3;. The quantitative estimate of drug-likeness (QED) is 0.142. The SMILES string of the molecule is [2H]C([2H])([2H])c1ccnc(-n2c3[c-]c(Oc4[c-]c(N5C=CN(c6cc(C(C)(C)C)cc(C(C)(C)C)c6)[CH-]5)cc(-c5c(C(C)C)cccc5C(C)C)c4)ccc3c3cc(C(C)(C)C)ccc32)c1.[Pt]. The van der Waals surface area contributed by atoms with Gasteiger partial charge in [0.05, 0.1) is 0 Å². The van der Waals surface area contributed by atoms with Crippen molar-refractivity contribution in [1.29, 1.82) is 0 Å². The van der Waals surface area contributed by atoms with E-state index in [1.165, 1.54) is 33.4 Å². The minimum absolute atomic E-state index is 0. The number of benzene rings is 5. The monoisotopic (exact) mass is 1020 g/mol. The molecule has 0 unspecified atom stereocenters. The molecule has 0 radical (unpaired) electrons. The summed E-state index contributed by atoms with van der Waals surface area (Å²) in [7, 11) is 0. The predicted molar refractivity (Wildman–Crippen MR) is 262 cm³/mol. The fourth-order valence-corrected chi connectivity index (χ4v) is 8.38. The molecule has 1 aliphatic heterocycles. The molecule has 7 aromatic rings. The van der Waals surface area contributed by atoms with Crippen molar-refractivity contribution in [3.63, 3.8) is 0 Å². The Morgan fingerprint density at radius 2 is 1.30 bits per heavy atom. The first kappa shape index (κ1) is 41.9. The summed E-state index contributed by atoms with van der Waals surface area (Å²) < 4.78 is 33.4. The van der Waals surface area contributed by atoms with Crippen LogP contribution in [-0.2, 0) is 37.3 Å². The number of anilines is 2. The summed E-state index contributed by atoms with van der Waals surface area (Å²) in [5.74, 6) is 2.13. The number of fused-ring (bicyclic) bond motifs is 3. The van der Waals surface area contributed by atoms with Gasteiger partial charge in [0.1, 0.15) is 5.82 Å². The number of aryl methyl sites for hydroxylation is 1. The molecule has 3 heterocycles. The zero-order valence-electron chi connectivity index (χ0n) is 42.1. The first-order valence-electron chi connectivity index (χ1n) is 23.5. The van der Waals surface area contributed by atoms with Gasteiger partial charge in [-0.2, -0.15) is 6.07 Å². The number of hydrogen-bond acceptors (Lipinski definition) is 4. The molecular weight excluding hydrogens is 952 g/mol. The van der Waals surface area contributed by atoms with Crippen molar-refractivity contribution >= 4 is 33.2 Å². The zero-order chi connectivity index (χ0) is 47.0. The molecule has 0 amide bonds. The Hall–Kier alpha value is -5.12. The number of nitrogens with zero attached hydrogens (tertiary/aromatic N) is 4. The van der Waals surface area contributed by atoms with Gasteiger partial charge in [-0.05, 0) is 122 Å². The fraction of sp³-hybridized carbons (Fsp3) is 0.333. The second kappa shape index (κ2) is 17.1. The summed E-state index contributed by atoms with van der Waals surface area (Å²) in [6.07, 6.45) is 5.76. The van der Waals surface area contributed by atoms with Crippen LogP contribution < -0.4 is 14.5 Å². The molecule has 6 heteroatoms. The van der Waals surface area contributed by atoms with Crippen molar-refractivity contribution in [2.24, 2.45) is 0 Å². The molecule has 5 aromatic carbocycles. The summed E-state index contributed by atoms with van der Waals surface area (Å²) >= 11 is 0. The normalized spacial score (nSPS) is 14.4. The molecule has 0 spiro atoms. The van der Waals surface area contributed by atoms with Crippen LogP contribution in [-0.4, -0.2) is 9.55 Å². The zero-order valence-corrected chi connectivity index (χ0v) is 41.4. The summed E-state index contributed by atoms with van der Waals surface area (Å²) in [4.78, 5) is 9.02. The number of ether oxygens (including phenoxy) is 1. The Labute approximate surface area is 395 Å². The first-order chi connectivity index (χ1) is 30.4. The Balaban J connectivity index is 0.00000648. The molecule has 1 aliphatic rings. The molecule has 5 nitrogen and oxygen atoms in total. The number of pyridine rings is 1. The van der Waals surface area contributed by atoms with Crippen molar-refractivity contribution < 1.29 is 29.9 Å². The van der Waals surface area contributed by atoms with E-state index < -0.39 is 6.85 Å². The Morgan fingerprint density at radius 1 is 0.651 bits per heavy atom. The van der Waals surface area contributed by atoms with Crippen LogP contribution in [0, 0.1) is 25.7 Å². The maximum absolute atomic E-state index is 8.18. The van der Waals surface area contributed by atoms with E-state index in [-0.39, 0.29) is 54.7 Å². The van der Waals surface area contributed by atoms with E-state index in [0.717, 1.165) is 38.7 Å². The van der Waals surface area contributed by atoms with E-state index >= 15 is 0 Å². The molecule has 0 atom stereocenters. The average Bonchev–Trinajstić information content (AvgIpc) is 3.85. The molecule has 0 saturated heterocycles. The Kier molecular flexibility index (Phi) is 11.4. The molecule has 0 saturated carbocycles. The van der Waals surface area contributed by atoms with Gasteiger partial charge >= 0.3 is 0 Å². The van der Waals surface area contributed by atoms with Gasteiger partial charge in [0.25, 0.3) is 0 Å². The van der Waals surface area contributed by atoms with E-state index in [4.69, 9.17) is 13.8 Å². The molecule has 0 bridgehead atoms. The van der Waals surface area contributed by atoms with E-state index in [1.54, 1.807) is 18.3 Å². The minimum Gasteiger partial charge on any atom is -0.509 e. The molecule has 63 heavy (non-hydrogen) atoms. The average molecular weight is 1020 g/mol. The van der Waals surface area contributed by atoms with Gasteiger partial charge in [-0.25, -0.2) is 4.98 Å². The number of aromatic nitrogens is 2. The van der Waals surface area contributed by atoms with Crippen LogP contribution in [0.5, 0.6) is 11.5 Å². The van der Waals surface area contributed by atoms with Gasteiger partial charge in [-0.15, -0.1) is 53.6 Å². The van der Waals surface area contributed by atoms with Gasteiger partial charge in [-0.1, -0.05) is 132 Å². The third-order valence-corrected chi connectivity index (χ3v) is 12.1. The van der Waals surface area contributed by atoms with E-state index in [9.17, 15) is 0 Å². The summed E-state index contributed by atoms with van der Waals surface area (Å²) in [6.45, 7) is 29.0. The van der Waals surface area contributed by atoms with Crippen LogP contribution in [0.3, 0.4) is 0 Å². The fourth-order valence-electron chi connectivity index (χ4n) is 8.38. The maximum Gasteiger partial charge on any atom is 0.135 e. The topological polar surface area (TPSA) is 33.5 Å². The van der Waals surface area contributed by atoms with Gasteiger partial charge < -0.3 is 19.1 Å². The van der Waals surface area contributed by atoms with Gasteiger partial charge in [-0.3, -0.25) is 0 Å². The first-order valence-corrected chi connectivity index (χ1v) is 22.0. The van der Waals surface area contributed by atoms with E-state index in [0.29, 0.717) is 17.3 Å². The van der Waals surface area contributed by atoms with E-state index in [2.05, 4.69) is 204 Å². The second-order valence-electron chi connectivity index (χ2n) is 20.6. The van der Waals surface area contributed by atoms with Crippen LogP contribution in [0.4, 0.5) is 11.4 Å². The van der Waals surface area contributed by atoms with Crippen LogP contribution in [0.2, 0.25) is 0 Å². The largest absolute Gasteiger partial charge is 0.509 e. The van der Waals surface area contributed by atoms with Crippen molar-refractivity contribution in [3.05, 3.63) is 162 Å². The predicted octanol–water partition coefficient (Wildman–Crippen LogP) is 15.6. The van der Waals surface area contributed by atoms with Crippen LogP contribution in [0.1, 0.15) is 139 Å². The number of hydrogen-bond donors (Lipinski definition) is 0. The van der Waals surface area contributed by atoms with E-state index in [1.807, 2.05) is 10.6 Å². The minimum atomic E-state index is -2.29. The summed E-state index contributed by atoms with van der Waals surface area (Å²) in [6, 6.07) is 38.9. The molecule has 0 fully saturated rings. The van der Waals surface area contributed by atoms with Gasteiger partial charge in [0.2, 0.25) is 0 Å². The summed E-state index contributed by atoms with van der Waals surface area (Å²) in [5, 5.41) is 2.00. The molecule has 8 rings (SSSR count). The van der Waals surface area contributed by atoms with Crippen LogP contribution in [0.25, 0.3) is 38.8 Å². The van der Waals surface area contributed by atoms with Crippen LogP contribution >= 0.6 is 0 Å². The summed E-state index contributed by atoms with van der Waals surface area (Å²) in [5.41, 5.74) is 12.3. The van der Waals surface area contributed by atoms with Crippen molar-refractivity contribution in [3.8, 4) is 28.4 Å². The molecule has 0 N–H and O–H groups in total. The molecule has 0 aliphatic carbocycles. The van der Waals surface area contributed by atoms with Crippen molar-refractivity contribution in [2.75, 3.05) is 9.80 Å². The molecule has 330 valence electrons.